The number of ether oxygens (including phenoxy) is 2. The molecule has 8 heteroatoms. The zero-order valence-corrected chi connectivity index (χ0v) is 20.0. The molecule has 6 nitrogen and oxygen atoms in total. The molecule has 28 heavy (non-hydrogen) atoms. The summed E-state index contributed by atoms with van der Waals surface area (Å²) >= 11 is 1.64. The standard InChI is InChI=1S/C20H28N4O2S.HI/c1-14(25-4)19-23-17(13-27-19)12-24(3)20(21-2)22-9-7-15-5-6-18-16(11-15)8-10-26-18;/h5-6,11,13-14H,7-10,12H2,1-4H3,(H,21,22);1H. The van der Waals surface area contributed by atoms with E-state index in [0.717, 1.165) is 48.4 Å². The lowest BCUT2D eigenvalue weighted by atomic mass is 10.1. The van der Waals surface area contributed by atoms with Crippen molar-refractivity contribution in [3.05, 3.63) is 45.4 Å². The molecule has 0 amide bonds. The number of methoxy groups -OCH3 is 1. The molecule has 1 atom stereocenters. The average molecular weight is 516 g/mol. The fourth-order valence-corrected chi connectivity index (χ4v) is 3.94. The molecule has 0 spiro atoms. The number of rotatable bonds is 7. The quantitative estimate of drug-likeness (QED) is 0.346. The first-order valence-corrected chi connectivity index (χ1v) is 10.1. The van der Waals surface area contributed by atoms with Crippen LogP contribution < -0.4 is 10.1 Å². The normalized spacial score (nSPS) is 14.1. The highest BCUT2D eigenvalue weighted by atomic mass is 127. The minimum absolute atomic E-state index is 0. The van der Waals surface area contributed by atoms with E-state index in [4.69, 9.17) is 9.47 Å². The molecule has 1 N–H and O–H groups in total. The molecule has 1 aliphatic heterocycles. The van der Waals surface area contributed by atoms with Gasteiger partial charge in [0.15, 0.2) is 5.96 Å². The van der Waals surface area contributed by atoms with Gasteiger partial charge < -0.3 is 19.7 Å². The highest BCUT2D eigenvalue weighted by Gasteiger charge is 2.14. The predicted molar refractivity (Wildman–Crippen MR) is 125 cm³/mol. The monoisotopic (exact) mass is 516 g/mol. The summed E-state index contributed by atoms with van der Waals surface area (Å²) in [5.41, 5.74) is 3.67. The Kier molecular flexibility index (Phi) is 8.97. The Morgan fingerprint density at radius 1 is 1.46 bits per heavy atom. The minimum atomic E-state index is 0. The molecule has 1 unspecified atom stereocenters. The van der Waals surface area contributed by atoms with Crippen LogP contribution >= 0.6 is 35.3 Å². The van der Waals surface area contributed by atoms with Crippen molar-refractivity contribution in [3.8, 4) is 5.75 Å². The van der Waals surface area contributed by atoms with E-state index in [-0.39, 0.29) is 30.1 Å². The van der Waals surface area contributed by atoms with E-state index in [9.17, 15) is 0 Å². The van der Waals surface area contributed by atoms with Gasteiger partial charge in [0, 0.05) is 39.6 Å². The molecular formula is C20H29IN4O2S. The Balaban J connectivity index is 0.00000280. The van der Waals surface area contributed by atoms with E-state index < -0.39 is 0 Å². The van der Waals surface area contributed by atoms with Crippen molar-refractivity contribution in [1.82, 2.24) is 15.2 Å². The average Bonchev–Trinajstić information content (AvgIpc) is 3.33. The minimum Gasteiger partial charge on any atom is -0.493 e. The van der Waals surface area contributed by atoms with Crippen molar-refractivity contribution in [3.63, 3.8) is 0 Å². The smallest absolute Gasteiger partial charge is 0.193 e. The Morgan fingerprint density at radius 2 is 2.29 bits per heavy atom. The molecular weight excluding hydrogens is 487 g/mol. The lowest BCUT2D eigenvalue weighted by molar-refractivity contribution is 0.119. The predicted octanol–water partition coefficient (Wildman–Crippen LogP) is 3.65. The van der Waals surface area contributed by atoms with Crippen molar-refractivity contribution < 1.29 is 9.47 Å². The van der Waals surface area contributed by atoms with Crippen LogP contribution in [-0.4, -0.2) is 50.2 Å². The third-order valence-electron chi connectivity index (χ3n) is 4.69. The Bertz CT molecular complexity index is 796. The van der Waals surface area contributed by atoms with Crippen molar-refractivity contribution in [2.75, 3.05) is 34.4 Å². The van der Waals surface area contributed by atoms with Crippen molar-refractivity contribution >= 4 is 41.3 Å². The maximum atomic E-state index is 5.57. The third-order valence-corrected chi connectivity index (χ3v) is 5.75. The van der Waals surface area contributed by atoms with Crippen LogP contribution in [0.15, 0.2) is 28.6 Å². The first kappa shape index (κ1) is 22.9. The van der Waals surface area contributed by atoms with Crippen LogP contribution in [0.2, 0.25) is 0 Å². The van der Waals surface area contributed by atoms with E-state index >= 15 is 0 Å². The second kappa shape index (κ2) is 11.0. The van der Waals surface area contributed by atoms with Gasteiger partial charge in [0.25, 0.3) is 0 Å². The summed E-state index contributed by atoms with van der Waals surface area (Å²) in [4.78, 5) is 11.1. The van der Waals surface area contributed by atoms with Gasteiger partial charge in [-0.05, 0) is 30.5 Å². The summed E-state index contributed by atoms with van der Waals surface area (Å²) in [6, 6.07) is 6.48. The molecule has 0 radical (unpaired) electrons. The van der Waals surface area contributed by atoms with E-state index in [1.54, 1.807) is 18.4 Å². The lowest BCUT2D eigenvalue weighted by Gasteiger charge is -2.21. The summed E-state index contributed by atoms with van der Waals surface area (Å²) in [6.45, 7) is 4.36. The van der Waals surface area contributed by atoms with Crippen LogP contribution in [0.5, 0.6) is 5.75 Å². The number of thiazole rings is 1. The van der Waals surface area contributed by atoms with Gasteiger partial charge in [-0.3, -0.25) is 4.99 Å². The van der Waals surface area contributed by atoms with Gasteiger partial charge in [0.1, 0.15) is 16.9 Å². The second-order valence-corrected chi connectivity index (χ2v) is 7.57. The number of aliphatic imine (C=N–C) groups is 1. The van der Waals surface area contributed by atoms with E-state index in [2.05, 4.69) is 43.8 Å². The number of nitrogens with zero attached hydrogens (tertiary/aromatic N) is 3. The highest BCUT2D eigenvalue weighted by Crippen LogP contribution is 2.26. The zero-order valence-electron chi connectivity index (χ0n) is 16.9. The summed E-state index contributed by atoms with van der Waals surface area (Å²) in [6.07, 6.45) is 1.99. The molecule has 1 aromatic heterocycles. The Hall–Kier alpha value is -1.39. The first-order valence-electron chi connectivity index (χ1n) is 9.24. The Morgan fingerprint density at radius 3 is 3.04 bits per heavy atom. The molecule has 0 aliphatic carbocycles. The largest absolute Gasteiger partial charge is 0.493 e. The van der Waals surface area contributed by atoms with Gasteiger partial charge in [-0.2, -0.15) is 0 Å². The van der Waals surface area contributed by atoms with E-state index in [0.29, 0.717) is 6.54 Å². The molecule has 0 saturated heterocycles. The number of guanidine groups is 1. The zero-order chi connectivity index (χ0) is 19.2. The highest BCUT2D eigenvalue weighted by molar-refractivity contribution is 14.0. The fourth-order valence-electron chi connectivity index (χ4n) is 3.10. The van der Waals surface area contributed by atoms with Crippen LogP contribution in [-0.2, 0) is 24.1 Å². The molecule has 2 aromatic rings. The van der Waals surface area contributed by atoms with Gasteiger partial charge in [-0.15, -0.1) is 35.3 Å². The van der Waals surface area contributed by atoms with Crippen LogP contribution in [0.3, 0.4) is 0 Å². The number of hydrogen-bond donors (Lipinski definition) is 1. The maximum Gasteiger partial charge on any atom is 0.193 e. The van der Waals surface area contributed by atoms with Crippen molar-refractivity contribution in [2.24, 2.45) is 4.99 Å². The van der Waals surface area contributed by atoms with Crippen molar-refractivity contribution in [1.29, 1.82) is 0 Å². The fraction of sp³-hybridized carbons (Fsp3) is 0.500. The van der Waals surface area contributed by atoms with Gasteiger partial charge in [-0.1, -0.05) is 12.1 Å². The molecule has 1 aliphatic rings. The topological polar surface area (TPSA) is 59.0 Å². The van der Waals surface area contributed by atoms with Gasteiger partial charge >= 0.3 is 0 Å². The van der Waals surface area contributed by atoms with Crippen LogP contribution in [0.4, 0.5) is 0 Å². The number of benzene rings is 1. The summed E-state index contributed by atoms with van der Waals surface area (Å²) in [5.74, 6) is 1.90. The Labute approximate surface area is 188 Å². The number of nitrogens with one attached hydrogen (secondary N) is 1. The van der Waals surface area contributed by atoms with Gasteiger partial charge in [-0.25, -0.2) is 4.98 Å². The third kappa shape index (κ3) is 5.81. The summed E-state index contributed by atoms with van der Waals surface area (Å²) in [5, 5.41) is 6.53. The number of aromatic nitrogens is 1. The van der Waals surface area contributed by atoms with E-state index in [1.165, 1.54) is 11.1 Å². The molecule has 0 fully saturated rings. The van der Waals surface area contributed by atoms with Crippen molar-refractivity contribution in [2.45, 2.75) is 32.4 Å². The summed E-state index contributed by atoms with van der Waals surface area (Å²) < 4.78 is 10.9. The van der Waals surface area contributed by atoms with Crippen LogP contribution in [0.1, 0.15) is 34.9 Å². The molecule has 0 saturated carbocycles. The maximum absolute atomic E-state index is 5.57. The lowest BCUT2D eigenvalue weighted by Crippen LogP contribution is -2.39. The molecule has 154 valence electrons. The van der Waals surface area contributed by atoms with E-state index in [1.807, 2.05) is 21.0 Å². The summed E-state index contributed by atoms with van der Waals surface area (Å²) in [7, 11) is 5.55. The van der Waals surface area contributed by atoms with Gasteiger partial charge in [0.05, 0.1) is 18.8 Å². The molecule has 1 aromatic carbocycles. The van der Waals surface area contributed by atoms with Gasteiger partial charge in [0.2, 0.25) is 0 Å². The molecule has 0 bridgehead atoms. The first-order chi connectivity index (χ1) is 13.1. The SMILES string of the molecule is CN=C(NCCc1ccc2c(c1)CCO2)N(C)Cc1csc(C(C)OC)n1.I. The van der Waals surface area contributed by atoms with Crippen LogP contribution in [0, 0.1) is 0 Å². The number of halogens is 1. The number of fused-ring (bicyclic) bond motifs is 1. The van der Waals surface area contributed by atoms with Crippen LogP contribution in [0.25, 0.3) is 0 Å². The molecule has 2 heterocycles. The number of hydrogen-bond acceptors (Lipinski definition) is 5. The molecule has 3 rings (SSSR count). The second-order valence-electron chi connectivity index (χ2n) is 6.68.